The van der Waals surface area contributed by atoms with Crippen LogP contribution in [0.1, 0.15) is 6.42 Å². The maximum Gasteiger partial charge on any atom is 0.227 e. The number of carbonyl (C=O) groups excluding carboxylic acids is 1. The lowest BCUT2D eigenvalue weighted by atomic mass is 10.3. The van der Waals surface area contributed by atoms with Crippen molar-refractivity contribution in [3.05, 3.63) is 42.5 Å². The summed E-state index contributed by atoms with van der Waals surface area (Å²) in [4.78, 5) is 17.8. The zero-order chi connectivity index (χ0) is 19.4. The molecule has 0 aliphatic heterocycles. The minimum absolute atomic E-state index is 0.139. The second-order valence-electron chi connectivity index (χ2n) is 5.65. The lowest BCUT2D eigenvalue weighted by molar-refractivity contribution is -0.115. The molecule has 1 heterocycles. The summed E-state index contributed by atoms with van der Waals surface area (Å²) >= 11 is 3.00. The van der Waals surface area contributed by atoms with E-state index >= 15 is 0 Å². The summed E-state index contributed by atoms with van der Waals surface area (Å²) in [5.74, 6) is -0.0736. The quantitative estimate of drug-likeness (QED) is 0.583. The number of anilines is 1. The number of thiazole rings is 1. The number of hydrogen-bond acceptors (Lipinski definition) is 7. The number of fused-ring (bicyclic) bond motifs is 1. The van der Waals surface area contributed by atoms with Crippen LogP contribution in [0.4, 0.5) is 5.13 Å². The number of hydrogen-bond donors (Lipinski definition) is 1. The molecule has 0 saturated carbocycles. The molecule has 2 aromatic carbocycles. The fourth-order valence-electron chi connectivity index (χ4n) is 2.40. The number of nitrogens with zero attached hydrogens (tertiary/aromatic N) is 1. The highest BCUT2D eigenvalue weighted by Gasteiger charge is 2.17. The van der Waals surface area contributed by atoms with Crippen molar-refractivity contribution in [2.75, 3.05) is 24.4 Å². The van der Waals surface area contributed by atoms with Crippen molar-refractivity contribution in [1.29, 1.82) is 0 Å². The first-order valence-corrected chi connectivity index (χ1v) is 11.7. The van der Waals surface area contributed by atoms with Crippen molar-refractivity contribution in [2.45, 2.75) is 16.2 Å². The van der Waals surface area contributed by atoms with Crippen molar-refractivity contribution in [3.63, 3.8) is 0 Å². The highest BCUT2D eigenvalue weighted by molar-refractivity contribution is 7.98. The summed E-state index contributed by atoms with van der Waals surface area (Å²) < 4.78 is 30.7. The average Bonchev–Trinajstić information content (AvgIpc) is 3.07. The van der Waals surface area contributed by atoms with Crippen LogP contribution in [-0.4, -0.2) is 38.4 Å². The standard InChI is InChI=1S/C18H18N2O4S3/c1-24-12-3-6-14(7-4-12)27(22,23)10-9-17(21)20-18-19-15-8-5-13(25-2)11-16(15)26-18/h3-8,11H,9-10H2,1-2H3,(H,19,20,21). The lowest BCUT2D eigenvalue weighted by Gasteiger charge is -2.06. The molecule has 27 heavy (non-hydrogen) atoms. The van der Waals surface area contributed by atoms with Gasteiger partial charge in [0, 0.05) is 11.3 Å². The second-order valence-corrected chi connectivity index (χ2v) is 9.66. The van der Waals surface area contributed by atoms with Gasteiger partial charge in [-0.1, -0.05) is 11.3 Å². The van der Waals surface area contributed by atoms with E-state index in [0.29, 0.717) is 10.9 Å². The van der Waals surface area contributed by atoms with E-state index < -0.39 is 9.84 Å². The fourth-order valence-corrected chi connectivity index (χ4v) is 5.07. The van der Waals surface area contributed by atoms with Crippen LogP contribution in [0.2, 0.25) is 0 Å². The highest BCUT2D eigenvalue weighted by Crippen LogP contribution is 2.29. The van der Waals surface area contributed by atoms with Crippen molar-refractivity contribution < 1.29 is 17.9 Å². The van der Waals surface area contributed by atoms with E-state index in [-0.39, 0.29) is 23.0 Å². The van der Waals surface area contributed by atoms with E-state index in [1.165, 1.54) is 30.6 Å². The molecule has 0 saturated heterocycles. The first-order valence-electron chi connectivity index (χ1n) is 8.02. The van der Waals surface area contributed by atoms with Gasteiger partial charge in [0.15, 0.2) is 15.0 Å². The monoisotopic (exact) mass is 422 g/mol. The van der Waals surface area contributed by atoms with Gasteiger partial charge < -0.3 is 10.1 Å². The second kappa shape index (κ2) is 8.28. The van der Waals surface area contributed by atoms with Gasteiger partial charge in [-0.3, -0.25) is 4.79 Å². The van der Waals surface area contributed by atoms with Gasteiger partial charge in [0.25, 0.3) is 0 Å². The molecule has 0 bridgehead atoms. The summed E-state index contributed by atoms with van der Waals surface area (Å²) in [6, 6.07) is 12.0. The SMILES string of the molecule is COc1ccc(S(=O)(=O)CCC(=O)Nc2nc3ccc(SC)cc3s2)cc1. The Morgan fingerprint density at radius 2 is 1.96 bits per heavy atom. The summed E-state index contributed by atoms with van der Waals surface area (Å²) in [6.07, 6.45) is 1.86. The Labute approximate surface area is 165 Å². The van der Waals surface area contributed by atoms with Gasteiger partial charge in [0.1, 0.15) is 5.75 Å². The Balaban J connectivity index is 1.63. The first-order chi connectivity index (χ1) is 12.9. The molecule has 0 fully saturated rings. The smallest absolute Gasteiger partial charge is 0.227 e. The largest absolute Gasteiger partial charge is 0.497 e. The minimum atomic E-state index is -3.54. The molecular weight excluding hydrogens is 404 g/mol. The molecule has 0 aliphatic carbocycles. The maximum absolute atomic E-state index is 12.4. The molecule has 9 heteroatoms. The maximum atomic E-state index is 12.4. The van der Waals surface area contributed by atoms with Gasteiger partial charge in [-0.05, 0) is 48.7 Å². The Morgan fingerprint density at radius 1 is 1.22 bits per heavy atom. The number of rotatable bonds is 7. The molecule has 142 valence electrons. The predicted octanol–water partition coefficient (Wildman–Crippen LogP) is 3.83. The lowest BCUT2D eigenvalue weighted by Crippen LogP contribution is -2.17. The van der Waals surface area contributed by atoms with E-state index in [1.54, 1.807) is 23.9 Å². The molecular formula is C18H18N2O4S3. The first kappa shape index (κ1) is 19.7. The van der Waals surface area contributed by atoms with E-state index in [2.05, 4.69) is 10.3 Å². The van der Waals surface area contributed by atoms with E-state index in [9.17, 15) is 13.2 Å². The minimum Gasteiger partial charge on any atom is -0.497 e. The van der Waals surface area contributed by atoms with Crippen LogP contribution < -0.4 is 10.1 Å². The van der Waals surface area contributed by atoms with Crippen LogP contribution in [-0.2, 0) is 14.6 Å². The molecule has 1 aromatic heterocycles. The normalized spacial score (nSPS) is 11.5. The number of ether oxygens (including phenoxy) is 1. The summed E-state index contributed by atoms with van der Waals surface area (Å²) in [7, 11) is -2.03. The molecule has 6 nitrogen and oxygen atoms in total. The third-order valence-corrected chi connectivity index (χ3v) is 7.25. The number of carbonyl (C=O) groups is 1. The molecule has 0 aliphatic rings. The van der Waals surface area contributed by atoms with Gasteiger partial charge >= 0.3 is 0 Å². The van der Waals surface area contributed by atoms with Crippen LogP contribution >= 0.6 is 23.1 Å². The fraction of sp³-hybridized carbons (Fsp3) is 0.222. The number of amides is 1. The zero-order valence-corrected chi connectivity index (χ0v) is 17.2. The average molecular weight is 423 g/mol. The Morgan fingerprint density at radius 3 is 2.63 bits per heavy atom. The molecule has 0 atom stereocenters. The Bertz CT molecular complexity index is 1060. The molecule has 3 aromatic rings. The Kier molecular flexibility index (Phi) is 6.03. The van der Waals surface area contributed by atoms with E-state index in [4.69, 9.17) is 4.74 Å². The van der Waals surface area contributed by atoms with E-state index in [1.807, 2.05) is 24.5 Å². The van der Waals surface area contributed by atoms with Gasteiger partial charge in [-0.2, -0.15) is 0 Å². The molecule has 1 N–H and O–H groups in total. The third-order valence-electron chi connectivity index (χ3n) is 3.86. The molecule has 1 amide bonds. The van der Waals surface area contributed by atoms with Crippen LogP contribution in [0.5, 0.6) is 5.75 Å². The number of methoxy groups -OCH3 is 1. The van der Waals surface area contributed by atoms with Crippen LogP contribution in [0.3, 0.4) is 0 Å². The summed E-state index contributed by atoms with van der Waals surface area (Å²) in [5.41, 5.74) is 0.805. The van der Waals surface area contributed by atoms with Gasteiger partial charge in [-0.15, -0.1) is 11.8 Å². The number of aromatic nitrogens is 1. The highest BCUT2D eigenvalue weighted by atomic mass is 32.2. The predicted molar refractivity (Wildman–Crippen MR) is 110 cm³/mol. The molecule has 3 rings (SSSR count). The van der Waals surface area contributed by atoms with Crippen LogP contribution in [0.25, 0.3) is 10.2 Å². The Hall–Kier alpha value is -2.10. The number of benzene rings is 2. The van der Waals surface area contributed by atoms with Gasteiger partial charge in [-0.25, -0.2) is 13.4 Å². The number of thioether (sulfide) groups is 1. The van der Waals surface area contributed by atoms with Crippen molar-refractivity contribution in [3.8, 4) is 5.75 Å². The number of nitrogens with one attached hydrogen (secondary N) is 1. The summed E-state index contributed by atoms with van der Waals surface area (Å²) in [5, 5.41) is 3.16. The third kappa shape index (κ3) is 4.79. The van der Waals surface area contributed by atoms with Gasteiger partial charge in [0.05, 0.1) is 28.0 Å². The van der Waals surface area contributed by atoms with Gasteiger partial charge in [0.2, 0.25) is 5.91 Å². The van der Waals surface area contributed by atoms with E-state index in [0.717, 1.165) is 15.1 Å². The van der Waals surface area contributed by atoms with Crippen molar-refractivity contribution in [2.24, 2.45) is 0 Å². The molecule has 0 spiro atoms. The molecule has 0 radical (unpaired) electrons. The van der Waals surface area contributed by atoms with Crippen LogP contribution in [0.15, 0.2) is 52.3 Å². The summed E-state index contributed by atoms with van der Waals surface area (Å²) in [6.45, 7) is 0. The van der Waals surface area contributed by atoms with Crippen molar-refractivity contribution in [1.82, 2.24) is 4.98 Å². The zero-order valence-electron chi connectivity index (χ0n) is 14.8. The molecule has 0 unspecified atom stereocenters. The van der Waals surface area contributed by atoms with Crippen LogP contribution in [0, 0.1) is 0 Å². The number of sulfone groups is 1. The topological polar surface area (TPSA) is 85.4 Å². The van der Waals surface area contributed by atoms with Crippen molar-refractivity contribution >= 4 is 54.2 Å².